The Kier molecular flexibility index (Phi) is 1.70. The number of phenols is 1. The monoisotopic (exact) mass is 193 g/mol. The van der Waals surface area contributed by atoms with Gasteiger partial charge in [0.15, 0.2) is 6.29 Å². The van der Waals surface area contributed by atoms with Crippen molar-refractivity contribution in [3.8, 4) is 5.75 Å². The molecular formula is C9H7NO2S. The number of phenolic OH excluding ortho intramolecular Hbond substituents is 1. The van der Waals surface area contributed by atoms with Crippen LogP contribution in [0.25, 0.3) is 10.1 Å². The Labute approximate surface area is 78.4 Å². The molecule has 2 rings (SSSR count). The molecule has 13 heavy (non-hydrogen) atoms. The van der Waals surface area contributed by atoms with E-state index in [1.54, 1.807) is 18.2 Å². The number of carbonyl (C=O) groups is 1. The van der Waals surface area contributed by atoms with Gasteiger partial charge in [0.05, 0.1) is 10.6 Å². The maximum atomic E-state index is 10.5. The third kappa shape index (κ3) is 1.15. The van der Waals surface area contributed by atoms with Crippen LogP contribution in [0.4, 0.5) is 5.00 Å². The summed E-state index contributed by atoms with van der Waals surface area (Å²) in [5, 5.41) is 10.9. The first-order valence-electron chi connectivity index (χ1n) is 3.68. The Hall–Kier alpha value is -1.55. The third-order valence-corrected chi connectivity index (χ3v) is 2.78. The van der Waals surface area contributed by atoms with E-state index in [9.17, 15) is 9.90 Å². The predicted molar refractivity (Wildman–Crippen MR) is 53.3 cm³/mol. The summed E-state index contributed by atoms with van der Waals surface area (Å²) in [4.78, 5) is 10.5. The molecule has 0 atom stereocenters. The van der Waals surface area contributed by atoms with Crippen molar-refractivity contribution in [2.75, 3.05) is 5.73 Å². The second-order valence-electron chi connectivity index (χ2n) is 2.68. The van der Waals surface area contributed by atoms with Crippen LogP contribution in [-0.4, -0.2) is 11.4 Å². The highest BCUT2D eigenvalue weighted by Crippen LogP contribution is 2.35. The fourth-order valence-electron chi connectivity index (χ4n) is 1.23. The number of hydrogen-bond acceptors (Lipinski definition) is 4. The molecule has 0 spiro atoms. The average Bonchev–Trinajstić information content (AvgIpc) is 2.47. The van der Waals surface area contributed by atoms with Crippen molar-refractivity contribution >= 4 is 32.7 Å². The van der Waals surface area contributed by atoms with E-state index in [1.807, 2.05) is 0 Å². The van der Waals surface area contributed by atoms with Crippen molar-refractivity contribution in [2.24, 2.45) is 0 Å². The molecule has 3 N–H and O–H groups in total. The van der Waals surface area contributed by atoms with Crippen molar-refractivity contribution in [1.29, 1.82) is 0 Å². The molecule has 2 aromatic rings. The first-order chi connectivity index (χ1) is 6.22. The number of nitrogen functional groups attached to an aromatic ring is 1. The zero-order valence-electron chi connectivity index (χ0n) is 6.65. The maximum Gasteiger partial charge on any atom is 0.153 e. The van der Waals surface area contributed by atoms with Crippen molar-refractivity contribution in [3.63, 3.8) is 0 Å². The minimum atomic E-state index is 0.0143. The standard InChI is InChI=1S/C9H7NO2S/c10-8-3-6-7(13-8)2-1-5(4-11)9(6)12/h1-4,12H,10H2. The van der Waals surface area contributed by atoms with Gasteiger partial charge in [-0.1, -0.05) is 0 Å². The molecule has 0 aliphatic carbocycles. The van der Waals surface area contributed by atoms with Gasteiger partial charge in [-0.2, -0.15) is 0 Å². The van der Waals surface area contributed by atoms with Crippen LogP contribution < -0.4 is 5.73 Å². The molecule has 0 saturated carbocycles. The van der Waals surface area contributed by atoms with Gasteiger partial charge in [-0.05, 0) is 18.2 Å². The molecule has 0 aliphatic rings. The lowest BCUT2D eigenvalue weighted by Gasteiger charge is -1.96. The topological polar surface area (TPSA) is 63.3 Å². The molecule has 0 radical (unpaired) electrons. The number of rotatable bonds is 1. The summed E-state index contributed by atoms with van der Waals surface area (Å²) < 4.78 is 0.889. The number of hydrogen-bond donors (Lipinski definition) is 2. The Balaban J connectivity index is 2.85. The summed E-state index contributed by atoms with van der Waals surface area (Å²) in [6, 6.07) is 5.03. The van der Waals surface area contributed by atoms with Crippen LogP contribution in [0.15, 0.2) is 18.2 Å². The molecule has 3 nitrogen and oxygen atoms in total. The Morgan fingerprint density at radius 1 is 1.46 bits per heavy atom. The van der Waals surface area contributed by atoms with Gasteiger partial charge < -0.3 is 10.8 Å². The minimum Gasteiger partial charge on any atom is -0.507 e. The van der Waals surface area contributed by atoms with Crippen LogP contribution in [0.3, 0.4) is 0 Å². The van der Waals surface area contributed by atoms with Gasteiger partial charge in [0.25, 0.3) is 0 Å². The van der Waals surface area contributed by atoms with Gasteiger partial charge in [0.2, 0.25) is 0 Å². The van der Waals surface area contributed by atoms with Crippen molar-refractivity contribution in [3.05, 3.63) is 23.8 Å². The van der Waals surface area contributed by atoms with Gasteiger partial charge in [-0.15, -0.1) is 11.3 Å². The van der Waals surface area contributed by atoms with E-state index in [4.69, 9.17) is 5.73 Å². The summed E-state index contributed by atoms with van der Waals surface area (Å²) in [5.74, 6) is 0.0143. The lowest BCUT2D eigenvalue weighted by molar-refractivity contribution is 0.112. The van der Waals surface area contributed by atoms with Crippen LogP contribution in [0.5, 0.6) is 5.75 Å². The maximum absolute atomic E-state index is 10.5. The van der Waals surface area contributed by atoms with E-state index in [-0.39, 0.29) is 5.75 Å². The van der Waals surface area contributed by atoms with Crippen LogP contribution in [0.2, 0.25) is 0 Å². The first-order valence-corrected chi connectivity index (χ1v) is 4.50. The number of fused-ring (bicyclic) bond motifs is 1. The van der Waals surface area contributed by atoms with Crippen LogP contribution >= 0.6 is 11.3 Å². The number of aldehydes is 1. The summed E-state index contributed by atoms with van der Waals surface area (Å²) in [7, 11) is 0. The minimum absolute atomic E-state index is 0.0143. The summed E-state index contributed by atoms with van der Waals surface area (Å²) in [6.45, 7) is 0. The van der Waals surface area contributed by atoms with Crippen LogP contribution in [0, 0.1) is 0 Å². The zero-order chi connectivity index (χ0) is 9.42. The highest BCUT2D eigenvalue weighted by Gasteiger charge is 2.07. The molecule has 0 fully saturated rings. The van der Waals surface area contributed by atoms with E-state index in [0.29, 0.717) is 22.2 Å². The van der Waals surface area contributed by atoms with E-state index < -0.39 is 0 Å². The molecule has 0 saturated heterocycles. The molecule has 1 aromatic carbocycles. The molecule has 0 unspecified atom stereocenters. The van der Waals surface area contributed by atoms with Crippen LogP contribution in [0.1, 0.15) is 10.4 Å². The van der Waals surface area contributed by atoms with Gasteiger partial charge >= 0.3 is 0 Å². The zero-order valence-corrected chi connectivity index (χ0v) is 7.47. The molecule has 4 heteroatoms. The van der Waals surface area contributed by atoms with E-state index in [0.717, 1.165) is 4.70 Å². The molecule has 66 valence electrons. The molecule has 0 bridgehead atoms. The Morgan fingerprint density at radius 2 is 2.23 bits per heavy atom. The Bertz CT molecular complexity index is 476. The second-order valence-corrected chi connectivity index (χ2v) is 3.80. The highest BCUT2D eigenvalue weighted by molar-refractivity contribution is 7.22. The SMILES string of the molecule is Nc1cc2c(O)c(C=O)ccc2s1. The molecular weight excluding hydrogens is 186 g/mol. The smallest absolute Gasteiger partial charge is 0.153 e. The van der Waals surface area contributed by atoms with Crippen LogP contribution in [-0.2, 0) is 0 Å². The number of benzene rings is 1. The second kappa shape index (κ2) is 2.74. The van der Waals surface area contributed by atoms with Gasteiger partial charge in [-0.25, -0.2) is 0 Å². The van der Waals surface area contributed by atoms with Gasteiger partial charge in [-0.3, -0.25) is 4.79 Å². The van der Waals surface area contributed by atoms with Crippen molar-refractivity contribution < 1.29 is 9.90 Å². The summed E-state index contributed by atoms with van der Waals surface area (Å²) >= 11 is 1.39. The van der Waals surface area contributed by atoms with E-state index in [2.05, 4.69) is 0 Å². The number of nitrogens with two attached hydrogens (primary N) is 1. The van der Waals surface area contributed by atoms with E-state index in [1.165, 1.54) is 11.3 Å². The number of anilines is 1. The summed E-state index contributed by atoms with van der Waals surface area (Å²) in [5.41, 5.74) is 5.87. The predicted octanol–water partition coefficient (Wildman–Crippen LogP) is 2.00. The Morgan fingerprint density at radius 3 is 2.92 bits per heavy atom. The first kappa shape index (κ1) is 8.07. The molecule has 1 heterocycles. The number of aromatic hydroxyl groups is 1. The normalized spacial score (nSPS) is 10.5. The number of thiophene rings is 1. The molecule has 1 aromatic heterocycles. The van der Waals surface area contributed by atoms with Crippen molar-refractivity contribution in [1.82, 2.24) is 0 Å². The van der Waals surface area contributed by atoms with Gasteiger partial charge in [0, 0.05) is 10.1 Å². The third-order valence-electron chi connectivity index (χ3n) is 1.85. The highest BCUT2D eigenvalue weighted by atomic mass is 32.1. The quantitative estimate of drug-likeness (QED) is 0.681. The molecule has 0 aliphatic heterocycles. The van der Waals surface area contributed by atoms with Gasteiger partial charge in [0.1, 0.15) is 5.75 Å². The average molecular weight is 193 g/mol. The van der Waals surface area contributed by atoms with Crippen molar-refractivity contribution in [2.45, 2.75) is 0 Å². The summed E-state index contributed by atoms with van der Waals surface area (Å²) in [6.07, 6.45) is 0.628. The lowest BCUT2D eigenvalue weighted by atomic mass is 10.1. The molecule has 0 amide bonds. The fraction of sp³-hybridized carbons (Fsp3) is 0. The lowest BCUT2D eigenvalue weighted by Crippen LogP contribution is -1.79. The van der Waals surface area contributed by atoms with E-state index >= 15 is 0 Å². The number of carbonyl (C=O) groups excluding carboxylic acids is 1. The largest absolute Gasteiger partial charge is 0.507 e. The fourth-order valence-corrected chi connectivity index (χ4v) is 2.06.